The highest BCUT2D eigenvalue weighted by Gasteiger charge is 2.26. The van der Waals surface area contributed by atoms with Crippen molar-refractivity contribution in [3.63, 3.8) is 0 Å². The van der Waals surface area contributed by atoms with Gasteiger partial charge < -0.3 is 21.3 Å². The Balaban J connectivity index is 1.77. The molecule has 1 amide bonds. The molecule has 4 rings (SSSR count). The van der Waals surface area contributed by atoms with Gasteiger partial charge in [-0.1, -0.05) is 12.1 Å². The van der Waals surface area contributed by atoms with E-state index in [-0.39, 0.29) is 11.4 Å². The van der Waals surface area contributed by atoms with Crippen LogP contribution >= 0.6 is 0 Å². The summed E-state index contributed by atoms with van der Waals surface area (Å²) in [5, 5.41) is 14.1. The maximum absolute atomic E-state index is 12.5. The van der Waals surface area contributed by atoms with Crippen LogP contribution in [0.15, 0.2) is 30.5 Å². The van der Waals surface area contributed by atoms with Crippen LogP contribution in [0.2, 0.25) is 0 Å². The Morgan fingerprint density at radius 3 is 2.96 bits per heavy atom. The molecule has 0 aliphatic carbocycles. The topological polar surface area (TPSA) is 114 Å². The quantitative estimate of drug-likeness (QED) is 0.643. The number of pyridine rings is 1. The predicted octanol–water partition coefficient (Wildman–Crippen LogP) is 1.51. The Hall–Kier alpha value is -3.62. The van der Waals surface area contributed by atoms with Gasteiger partial charge in [0.25, 0.3) is 5.91 Å². The van der Waals surface area contributed by atoms with Gasteiger partial charge in [-0.05, 0) is 6.07 Å². The summed E-state index contributed by atoms with van der Waals surface area (Å²) in [6.45, 7) is -2.05. The number of hydrogen-bond donors (Lipinski definition) is 3. The highest BCUT2D eigenvalue weighted by Crippen LogP contribution is 2.42. The number of nitrogens with one attached hydrogen (secondary N) is 2. The fourth-order valence-electron chi connectivity index (χ4n) is 3.28. The van der Waals surface area contributed by atoms with Gasteiger partial charge in [0.05, 0.1) is 29.2 Å². The van der Waals surface area contributed by atoms with Crippen molar-refractivity contribution >= 4 is 28.8 Å². The Morgan fingerprint density at radius 1 is 1.30 bits per heavy atom. The maximum atomic E-state index is 12.5. The van der Waals surface area contributed by atoms with Crippen LogP contribution in [-0.2, 0) is 13.6 Å². The molecule has 1 aliphatic rings. The van der Waals surface area contributed by atoms with Crippen molar-refractivity contribution in [1.82, 2.24) is 25.3 Å². The summed E-state index contributed by atoms with van der Waals surface area (Å²) in [7, 11) is 3.71. The van der Waals surface area contributed by atoms with E-state index in [0.29, 0.717) is 17.9 Å². The van der Waals surface area contributed by atoms with E-state index in [0.717, 1.165) is 22.6 Å². The standard InChI is InChI=1S/C18H20N8O/c1-20-18(27)11-8-21-15(19)7-13(11)22-12-6-4-5-10-16-14(23-26(3)24-16)9-25(2)17(10)12/h4-8H,9H2,1-3H3,(H,20,27)(H3,19,21,22)/i1D3. The molecular weight excluding hydrogens is 344 g/mol. The minimum absolute atomic E-state index is 0.0663. The van der Waals surface area contributed by atoms with Crippen LogP contribution in [0.25, 0.3) is 11.3 Å². The van der Waals surface area contributed by atoms with Gasteiger partial charge in [0, 0.05) is 43.0 Å². The van der Waals surface area contributed by atoms with Crippen molar-refractivity contribution in [3.05, 3.63) is 41.7 Å². The first-order valence-corrected chi connectivity index (χ1v) is 8.22. The number of amides is 1. The number of anilines is 4. The molecule has 138 valence electrons. The second-order valence-corrected chi connectivity index (χ2v) is 6.28. The summed E-state index contributed by atoms with van der Waals surface area (Å²) in [5.41, 5.74) is 10.4. The van der Waals surface area contributed by atoms with Crippen molar-refractivity contribution in [2.24, 2.45) is 7.05 Å². The summed E-state index contributed by atoms with van der Waals surface area (Å²) in [6.07, 6.45) is 1.25. The fraction of sp³-hybridized carbons (Fsp3) is 0.222. The van der Waals surface area contributed by atoms with Crippen LogP contribution in [0.3, 0.4) is 0 Å². The van der Waals surface area contributed by atoms with Gasteiger partial charge in [0.15, 0.2) is 0 Å². The normalized spacial score (nSPS) is 14.4. The molecule has 0 unspecified atom stereocenters. The number of hydrogen-bond acceptors (Lipinski definition) is 7. The summed E-state index contributed by atoms with van der Waals surface area (Å²) >= 11 is 0. The van der Waals surface area contributed by atoms with Crippen LogP contribution < -0.4 is 21.3 Å². The van der Waals surface area contributed by atoms with Crippen LogP contribution in [-0.4, -0.2) is 39.9 Å². The molecule has 9 nitrogen and oxygen atoms in total. The van der Waals surface area contributed by atoms with E-state index in [9.17, 15) is 4.79 Å². The lowest BCUT2D eigenvalue weighted by Gasteiger charge is -2.29. The minimum atomic E-state index is -2.62. The Bertz CT molecular complexity index is 1140. The minimum Gasteiger partial charge on any atom is -0.384 e. The monoisotopic (exact) mass is 367 g/mol. The zero-order chi connectivity index (χ0) is 21.6. The van der Waals surface area contributed by atoms with Crippen molar-refractivity contribution in [3.8, 4) is 11.3 Å². The second kappa shape index (κ2) is 6.27. The molecule has 0 saturated heterocycles. The number of nitrogen functional groups attached to an aromatic ring is 1. The van der Waals surface area contributed by atoms with Crippen LogP contribution in [0.4, 0.5) is 22.9 Å². The smallest absolute Gasteiger partial charge is 0.254 e. The van der Waals surface area contributed by atoms with Gasteiger partial charge in [-0.2, -0.15) is 15.0 Å². The molecule has 4 N–H and O–H groups in total. The molecule has 1 aromatic carbocycles. The number of aryl methyl sites for hydroxylation is 1. The van der Waals surface area contributed by atoms with E-state index < -0.39 is 12.9 Å². The van der Waals surface area contributed by atoms with Gasteiger partial charge in [-0.15, -0.1) is 0 Å². The largest absolute Gasteiger partial charge is 0.384 e. The maximum Gasteiger partial charge on any atom is 0.254 e. The molecule has 1 aliphatic heterocycles. The van der Waals surface area contributed by atoms with E-state index in [1.807, 2.05) is 35.5 Å². The average molecular weight is 367 g/mol. The molecule has 0 atom stereocenters. The second-order valence-electron chi connectivity index (χ2n) is 6.28. The molecule has 3 heterocycles. The summed E-state index contributed by atoms with van der Waals surface area (Å²) in [4.78, 5) is 20.0. The Labute approximate surface area is 160 Å². The molecule has 0 spiro atoms. The molecular formula is C18H20N8O. The number of para-hydroxylation sites is 1. The highest BCUT2D eigenvalue weighted by molar-refractivity contribution is 6.01. The number of carbonyl (C=O) groups is 1. The SMILES string of the molecule is [2H]C([2H])([2H])NC(=O)c1cnc(N)cc1Nc1cccc2c1N(C)Cc1nn(C)nc1-2. The average Bonchev–Trinajstić information content (AvgIpc) is 3.00. The predicted molar refractivity (Wildman–Crippen MR) is 104 cm³/mol. The molecule has 2 aromatic heterocycles. The lowest BCUT2D eigenvalue weighted by Crippen LogP contribution is -2.23. The number of rotatable bonds is 3. The fourth-order valence-corrected chi connectivity index (χ4v) is 3.28. The molecule has 9 heteroatoms. The summed E-state index contributed by atoms with van der Waals surface area (Å²) in [5.74, 6) is -0.586. The molecule has 0 saturated carbocycles. The number of aromatic nitrogens is 4. The Kier molecular flexibility index (Phi) is 3.15. The number of carbonyl (C=O) groups excluding carboxylic acids is 1. The number of benzene rings is 1. The third kappa shape index (κ3) is 2.82. The van der Waals surface area contributed by atoms with Crippen LogP contribution in [0, 0.1) is 0 Å². The molecule has 27 heavy (non-hydrogen) atoms. The molecule has 3 aromatic rings. The van der Waals surface area contributed by atoms with Crippen molar-refractivity contribution < 1.29 is 8.91 Å². The Morgan fingerprint density at radius 2 is 2.15 bits per heavy atom. The number of fused-ring (bicyclic) bond motifs is 3. The van der Waals surface area contributed by atoms with Crippen molar-refractivity contribution in [2.45, 2.75) is 6.54 Å². The first kappa shape index (κ1) is 13.6. The van der Waals surface area contributed by atoms with Gasteiger partial charge in [0.2, 0.25) is 0 Å². The first-order valence-electron chi connectivity index (χ1n) is 9.72. The first-order chi connectivity index (χ1) is 14.1. The van der Waals surface area contributed by atoms with Gasteiger partial charge in [-0.3, -0.25) is 4.79 Å². The van der Waals surface area contributed by atoms with Gasteiger partial charge in [0.1, 0.15) is 17.2 Å². The van der Waals surface area contributed by atoms with Gasteiger partial charge in [-0.25, -0.2) is 4.98 Å². The third-order valence-corrected chi connectivity index (χ3v) is 4.40. The van der Waals surface area contributed by atoms with Crippen LogP contribution in [0.5, 0.6) is 0 Å². The van der Waals surface area contributed by atoms with E-state index in [1.54, 1.807) is 7.05 Å². The summed E-state index contributed by atoms with van der Waals surface area (Å²) < 4.78 is 21.8. The number of nitrogens with two attached hydrogens (primary N) is 1. The van der Waals surface area contributed by atoms with E-state index in [2.05, 4.69) is 20.5 Å². The molecule has 0 bridgehead atoms. The zero-order valence-corrected chi connectivity index (χ0v) is 14.8. The van der Waals surface area contributed by atoms with Crippen LogP contribution in [0.1, 0.15) is 20.2 Å². The lowest BCUT2D eigenvalue weighted by molar-refractivity contribution is 0.0963. The third-order valence-electron chi connectivity index (χ3n) is 4.40. The highest BCUT2D eigenvalue weighted by atomic mass is 16.1. The molecule has 0 radical (unpaired) electrons. The van der Waals surface area contributed by atoms with Gasteiger partial charge >= 0.3 is 0 Å². The van der Waals surface area contributed by atoms with E-state index >= 15 is 0 Å². The zero-order valence-electron chi connectivity index (χ0n) is 17.8. The number of nitrogens with zero attached hydrogens (tertiary/aromatic N) is 5. The lowest BCUT2D eigenvalue weighted by atomic mass is 10.0. The van der Waals surface area contributed by atoms with E-state index in [4.69, 9.17) is 9.85 Å². The molecule has 0 fully saturated rings. The van der Waals surface area contributed by atoms with Crippen molar-refractivity contribution in [2.75, 3.05) is 30.0 Å². The van der Waals surface area contributed by atoms with Crippen molar-refractivity contribution in [1.29, 1.82) is 0 Å². The summed E-state index contributed by atoms with van der Waals surface area (Å²) in [6, 6.07) is 7.17. The van der Waals surface area contributed by atoms with E-state index in [1.165, 1.54) is 17.1 Å².